The van der Waals surface area contributed by atoms with Crippen LogP contribution in [-0.4, -0.2) is 4.98 Å². The van der Waals surface area contributed by atoms with Gasteiger partial charge >= 0.3 is 0 Å². The molecule has 0 fully saturated rings. The Kier molecular flexibility index (Phi) is 3.36. The van der Waals surface area contributed by atoms with Crippen LogP contribution in [0, 0.1) is 11.3 Å². The highest BCUT2D eigenvalue weighted by molar-refractivity contribution is 9.08. The molecule has 2 N–H and O–H groups in total. The molecular weight excluding hydrogens is 256 g/mol. The fraction of sp³-hybridized carbons (Fsp3) is 0.250. The first-order valence-electron chi connectivity index (χ1n) is 3.63. The van der Waals surface area contributed by atoms with Gasteiger partial charge in [0.25, 0.3) is 6.43 Å². The van der Waals surface area contributed by atoms with Crippen LogP contribution in [0.1, 0.15) is 23.2 Å². The van der Waals surface area contributed by atoms with Crippen molar-refractivity contribution in [3.63, 3.8) is 0 Å². The summed E-state index contributed by atoms with van der Waals surface area (Å²) in [5.41, 5.74) is 5.50. The maximum Gasteiger partial charge on any atom is 0.280 e. The number of nitrogens with two attached hydrogens (primary N) is 1. The Labute approximate surface area is 87.7 Å². The number of rotatable bonds is 2. The maximum atomic E-state index is 12.4. The molecule has 6 heteroatoms. The predicted molar refractivity (Wildman–Crippen MR) is 51.0 cm³/mol. The van der Waals surface area contributed by atoms with Crippen molar-refractivity contribution in [1.82, 2.24) is 4.98 Å². The van der Waals surface area contributed by atoms with E-state index < -0.39 is 6.43 Å². The molecule has 0 aliphatic carbocycles. The number of alkyl halides is 3. The van der Waals surface area contributed by atoms with Gasteiger partial charge in [0, 0.05) is 17.1 Å². The number of hydrogen-bond donors (Lipinski definition) is 1. The number of nitrogen functional groups attached to an aromatic ring is 1. The molecule has 0 aliphatic heterocycles. The summed E-state index contributed by atoms with van der Waals surface area (Å²) in [6, 6.07) is 1.78. The van der Waals surface area contributed by atoms with Crippen molar-refractivity contribution in [3.05, 3.63) is 23.0 Å². The fourth-order valence-electron chi connectivity index (χ4n) is 1.000. The molecule has 1 aromatic heterocycles. The Morgan fingerprint density at radius 1 is 1.64 bits per heavy atom. The van der Waals surface area contributed by atoms with Crippen LogP contribution in [0.3, 0.4) is 0 Å². The van der Waals surface area contributed by atoms with Crippen molar-refractivity contribution < 1.29 is 8.78 Å². The number of nitrogens with zero attached hydrogens (tertiary/aromatic N) is 2. The summed E-state index contributed by atoms with van der Waals surface area (Å²) in [5, 5.41) is 8.75. The Bertz CT molecular complexity index is 387. The Morgan fingerprint density at radius 2 is 2.29 bits per heavy atom. The quantitative estimate of drug-likeness (QED) is 0.832. The van der Waals surface area contributed by atoms with Gasteiger partial charge < -0.3 is 5.73 Å². The summed E-state index contributed by atoms with van der Waals surface area (Å²) in [6.07, 6.45) is -1.62. The van der Waals surface area contributed by atoms with Gasteiger partial charge in [-0.3, -0.25) is 4.98 Å². The Hall–Kier alpha value is -1.22. The molecule has 0 saturated carbocycles. The molecule has 14 heavy (non-hydrogen) atoms. The van der Waals surface area contributed by atoms with Gasteiger partial charge in [0.1, 0.15) is 11.8 Å². The van der Waals surface area contributed by atoms with Crippen molar-refractivity contribution in [1.29, 1.82) is 5.26 Å². The molecule has 0 aliphatic rings. The van der Waals surface area contributed by atoms with E-state index in [0.717, 1.165) is 6.20 Å². The summed E-state index contributed by atoms with van der Waals surface area (Å²) in [6.45, 7) is 0. The molecule has 1 rings (SSSR count). The molecule has 0 bridgehead atoms. The lowest BCUT2D eigenvalue weighted by Crippen LogP contribution is -2.04. The second-order valence-electron chi connectivity index (χ2n) is 2.50. The van der Waals surface area contributed by atoms with Gasteiger partial charge in [-0.05, 0) is 0 Å². The minimum atomic E-state index is -2.68. The van der Waals surface area contributed by atoms with Crippen molar-refractivity contribution in [3.8, 4) is 6.07 Å². The molecule has 0 aromatic carbocycles. The van der Waals surface area contributed by atoms with Gasteiger partial charge in [-0.15, -0.1) is 0 Å². The number of nitriles is 1. The van der Waals surface area contributed by atoms with E-state index in [1.807, 2.05) is 0 Å². The molecule has 0 saturated heterocycles. The number of halogens is 3. The smallest absolute Gasteiger partial charge is 0.280 e. The van der Waals surface area contributed by atoms with Crippen LogP contribution in [0.2, 0.25) is 0 Å². The summed E-state index contributed by atoms with van der Waals surface area (Å²) >= 11 is 3.03. The highest BCUT2D eigenvalue weighted by Gasteiger charge is 2.18. The second kappa shape index (κ2) is 4.33. The normalized spacial score (nSPS) is 10.2. The predicted octanol–water partition coefficient (Wildman–Crippen LogP) is 2.37. The average molecular weight is 262 g/mol. The largest absolute Gasteiger partial charge is 0.397 e. The van der Waals surface area contributed by atoms with E-state index >= 15 is 0 Å². The Balaban J connectivity index is 3.38. The van der Waals surface area contributed by atoms with Crippen LogP contribution in [0.15, 0.2) is 6.20 Å². The standard InChI is InChI=1S/C8H6BrF2N3/c9-1-5-6(13)4(2-12)3-14-7(5)8(10)11/h3,8H,1H2,(H2,13,14). The zero-order valence-corrected chi connectivity index (χ0v) is 8.55. The van der Waals surface area contributed by atoms with Crippen molar-refractivity contribution in [2.75, 3.05) is 5.73 Å². The average Bonchev–Trinajstić information content (AvgIpc) is 2.17. The SMILES string of the molecule is N#Cc1cnc(C(F)F)c(CBr)c1N. The minimum Gasteiger partial charge on any atom is -0.397 e. The van der Waals surface area contributed by atoms with E-state index in [0.29, 0.717) is 0 Å². The van der Waals surface area contributed by atoms with Crippen LogP contribution in [0.5, 0.6) is 0 Å². The maximum absolute atomic E-state index is 12.4. The van der Waals surface area contributed by atoms with Gasteiger partial charge in [0.2, 0.25) is 0 Å². The second-order valence-corrected chi connectivity index (χ2v) is 3.06. The van der Waals surface area contributed by atoms with Crippen LogP contribution in [0.25, 0.3) is 0 Å². The number of anilines is 1. The first kappa shape index (κ1) is 10.9. The zero-order valence-electron chi connectivity index (χ0n) is 6.97. The lowest BCUT2D eigenvalue weighted by Gasteiger charge is -2.08. The van der Waals surface area contributed by atoms with Gasteiger partial charge in [-0.25, -0.2) is 8.78 Å². The van der Waals surface area contributed by atoms with E-state index in [2.05, 4.69) is 20.9 Å². The topological polar surface area (TPSA) is 62.7 Å². The van der Waals surface area contributed by atoms with Gasteiger partial charge in [0.15, 0.2) is 0 Å². The molecule has 3 nitrogen and oxygen atoms in total. The Morgan fingerprint density at radius 3 is 2.71 bits per heavy atom. The van der Waals surface area contributed by atoms with Crippen LogP contribution >= 0.6 is 15.9 Å². The lowest BCUT2D eigenvalue weighted by molar-refractivity contribution is 0.145. The molecule has 0 atom stereocenters. The summed E-state index contributed by atoms with van der Waals surface area (Å²) in [7, 11) is 0. The third kappa shape index (κ3) is 1.82. The molecule has 0 spiro atoms. The molecule has 74 valence electrons. The van der Waals surface area contributed by atoms with Crippen LogP contribution < -0.4 is 5.73 Å². The lowest BCUT2D eigenvalue weighted by atomic mass is 10.1. The first-order chi connectivity index (χ1) is 6.61. The van der Waals surface area contributed by atoms with Crippen molar-refractivity contribution in [2.45, 2.75) is 11.8 Å². The monoisotopic (exact) mass is 261 g/mol. The summed E-state index contributed by atoms with van der Waals surface area (Å²) in [4.78, 5) is 3.50. The molecular formula is C8H6BrF2N3. The highest BCUT2D eigenvalue weighted by Crippen LogP contribution is 2.28. The fourth-order valence-corrected chi connectivity index (χ4v) is 1.59. The third-order valence-corrected chi connectivity index (χ3v) is 2.28. The molecule has 0 amide bonds. The van der Waals surface area contributed by atoms with E-state index in [1.165, 1.54) is 0 Å². The van der Waals surface area contributed by atoms with Crippen molar-refractivity contribution >= 4 is 21.6 Å². The summed E-state index contributed by atoms with van der Waals surface area (Å²) in [5.74, 6) is 0. The number of aromatic nitrogens is 1. The summed E-state index contributed by atoms with van der Waals surface area (Å²) < 4.78 is 24.8. The van der Waals surface area contributed by atoms with Gasteiger partial charge in [-0.2, -0.15) is 5.26 Å². The van der Waals surface area contributed by atoms with E-state index in [4.69, 9.17) is 11.0 Å². The van der Waals surface area contributed by atoms with Crippen LogP contribution in [0.4, 0.5) is 14.5 Å². The molecule has 0 radical (unpaired) electrons. The van der Waals surface area contributed by atoms with E-state index in [9.17, 15) is 8.78 Å². The highest BCUT2D eigenvalue weighted by atomic mass is 79.9. The third-order valence-electron chi connectivity index (χ3n) is 1.72. The number of hydrogen-bond acceptors (Lipinski definition) is 3. The van der Waals surface area contributed by atoms with Crippen molar-refractivity contribution in [2.24, 2.45) is 0 Å². The van der Waals surface area contributed by atoms with Gasteiger partial charge in [-0.1, -0.05) is 15.9 Å². The minimum absolute atomic E-state index is 0.0645. The van der Waals surface area contributed by atoms with Crippen LogP contribution in [-0.2, 0) is 5.33 Å². The number of pyridine rings is 1. The van der Waals surface area contributed by atoms with Gasteiger partial charge in [0.05, 0.1) is 11.3 Å². The molecule has 1 aromatic rings. The van der Waals surface area contributed by atoms with E-state index in [-0.39, 0.29) is 27.8 Å². The van der Waals surface area contributed by atoms with E-state index in [1.54, 1.807) is 6.07 Å². The first-order valence-corrected chi connectivity index (χ1v) is 4.75. The molecule has 0 unspecified atom stereocenters. The zero-order chi connectivity index (χ0) is 10.7. The molecule has 1 heterocycles.